The van der Waals surface area contributed by atoms with E-state index in [-0.39, 0.29) is 5.41 Å². The molecule has 0 aliphatic rings. The second-order valence-corrected chi connectivity index (χ2v) is 7.49. The van der Waals surface area contributed by atoms with E-state index >= 15 is 0 Å². The number of hydrogen-bond acceptors (Lipinski definition) is 5. The van der Waals surface area contributed by atoms with E-state index in [9.17, 15) is 0 Å². The monoisotopic (exact) mass is 375 g/mol. The second kappa shape index (κ2) is 5.88. The van der Waals surface area contributed by atoms with Gasteiger partial charge in [-0.25, -0.2) is 14.6 Å². The minimum Gasteiger partial charge on any atom is -0.423 e. The van der Waals surface area contributed by atoms with Crippen molar-refractivity contribution in [3.05, 3.63) is 34.6 Å². The summed E-state index contributed by atoms with van der Waals surface area (Å²) in [6.07, 6.45) is 3.43. The molecule has 3 aromatic rings. The van der Waals surface area contributed by atoms with E-state index in [4.69, 9.17) is 4.74 Å². The standard InChI is InChI=1S/C16H18BrN5O/c1-10-7-18-15(19-8-10)23-12-6-5-11-14(13(12)17)20-21-22(11)9-16(2,3)4/h5-8H,9H2,1-4H3. The largest absolute Gasteiger partial charge is 0.423 e. The van der Waals surface area contributed by atoms with Gasteiger partial charge in [0.15, 0.2) is 0 Å². The van der Waals surface area contributed by atoms with Crippen molar-refractivity contribution in [2.75, 3.05) is 0 Å². The first-order chi connectivity index (χ1) is 10.8. The van der Waals surface area contributed by atoms with Gasteiger partial charge in [0.2, 0.25) is 0 Å². The Bertz CT molecular complexity index is 836. The maximum atomic E-state index is 5.74. The Morgan fingerprint density at radius 1 is 1.17 bits per heavy atom. The first kappa shape index (κ1) is 15.9. The van der Waals surface area contributed by atoms with Gasteiger partial charge in [0.1, 0.15) is 11.3 Å². The van der Waals surface area contributed by atoms with Crippen LogP contribution in [0.15, 0.2) is 29.0 Å². The van der Waals surface area contributed by atoms with Gasteiger partial charge in [-0.1, -0.05) is 26.0 Å². The van der Waals surface area contributed by atoms with E-state index in [0.717, 1.165) is 27.6 Å². The lowest BCUT2D eigenvalue weighted by atomic mass is 9.97. The molecule has 1 aromatic carbocycles. The van der Waals surface area contributed by atoms with Gasteiger partial charge in [-0.05, 0) is 46.0 Å². The number of ether oxygens (including phenoxy) is 1. The summed E-state index contributed by atoms with van der Waals surface area (Å²) in [5.74, 6) is 0.615. The minimum absolute atomic E-state index is 0.123. The van der Waals surface area contributed by atoms with E-state index in [1.54, 1.807) is 12.4 Å². The molecule has 0 aliphatic heterocycles. The summed E-state index contributed by atoms with van der Waals surface area (Å²) in [4.78, 5) is 8.31. The molecule has 0 aliphatic carbocycles. The fraction of sp³-hybridized carbons (Fsp3) is 0.375. The van der Waals surface area contributed by atoms with Crippen molar-refractivity contribution in [1.82, 2.24) is 25.0 Å². The van der Waals surface area contributed by atoms with Crippen LogP contribution in [0.1, 0.15) is 26.3 Å². The quantitative estimate of drug-likeness (QED) is 0.688. The Morgan fingerprint density at radius 2 is 1.87 bits per heavy atom. The van der Waals surface area contributed by atoms with Gasteiger partial charge in [0.05, 0.1) is 9.99 Å². The Hall–Kier alpha value is -2.02. The summed E-state index contributed by atoms with van der Waals surface area (Å²) < 4.78 is 8.39. The highest BCUT2D eigenvalue weighted by Gasteiger charge is 2.18. The summed E-state index contributed by atoms with van der Waals surface area (Å²) >= 11 is 3.55. The topological polar surface area (TPSA) is 65.7 Å². The van der Waals surface area contributed by atoms with E-state index in [1.165, 1.54) is 0 Å². The van der Waals surface area contributed by atoms with Crippen molar-refractivity contribution in [3.8, 4) is 11.8 Å². The average molecular weight is 376 g/mol. The molecule has 6 nitrogen and oxygen atoms in total. The van der Waals surface area contributed by atoms with Crippen LogP contribution in [0.5, 0.6) is 11.8 Å². The number of halogens is 1. The Balaban J connectivity index is 1.95. The van der Waals surface area contributed by atoms with E-state index < -0.39 is 0 Å². The van der Waals surface area contributed by atoms with E-state index in [2.05, 4.69) is 57.0 Å². The fourth-order valence-electron chi connectivity index (χ4n) is 2.16. The van der Waals surface area contributed by atoms with Gasteiger partial charge in [0.25, 0.3) is 0 Å². The van der Waals surface area contributed by atoms with Crippen molar-refractivity contribution < 1.29 is 4.74 Å². The Morgan fingerprint density at radius 3 is 2.52 bits per heavy atom. The molecule has 0 atom stereocenters. The number of fused-ring (bicyclic) bond motifs is 1. The third-order valence-electron chi connectivity index (χ3n) is 3.17. The molecule has 2 heterocycles. The van der Waals surface area contributed by atoms with Gasteiger partial charge in [-0.3, -0.25) is 0 Å². The number of hydrogen-bond donors (Lipinski definition) is 0. The molecule has 0 fully saturated rings. The smallest absolute Gasteiger partial charge is 0.321 e. The van der Waals surface area contributed by atoms with Crippen LogP contribution in [0.25, 0.3) is 11.0 Å². The number of nitrogens with zero attached hydrogens (tertiary/aromatic N) is 5. The molecule has 0 bridgehead atoms. The SMILES string of the molecule is Cc1cnc(Oc2ccc3c(nnn3CC(C)(C)C)c2Br)nc1. The lowest BCUT2D eigenvalue weighted by Crippen LogP contribution is -2.16. The summed E-state index contributed by atoms with van der Waals surface area (Å²) in [6.45, 7) is 9.22. The number of benzene rings is 1. The molecule has 0 radical (unpaired) electrons. The molecule has 0 saturated heterocycles. The van der Waals surface area contributed by atoms with Crippen LogP contribution < -0.4 is 4.74 Å². The molecule has 0 saturated carbocycles. The maximum absolute atomic E-state index is 5.74. The fourth-order valence-corrected chi connectivity index (χ4v) is 2.66. The first-order valence-corrected chi connectivity index (χ1v) is 8.11. The summed E-state index contributed by atoms with van der Waals surface area (Å²) in [6, 6.07) is 4.13. The van der Waals surface area contributed by atoms with Crippen molar-refractivity contribution in [1.29, 1.82) is 0 Å². The molecule has 3 rings (SSSR count). The third-order valence-corrected chi connectivity index (χ3v) is 3.94. The van der Waals surface area contributed by atoms with Crippen molar-refractivity contribution in [2.45, 2.75) is 34.2 Å². The molecule has 7 heteroatoms. The molecule has 0 unspecified atom stereocenters. The predicted molar refractivity (Wildman–Crippen MR) is 91.5 cm³/mol. The number of rotatable bonds is 3. The predicted octanol–water partition coefficient (Wildman–Crippen LogP) is 4.13. The molecule has 0 amide bonds. The van der Waals surface area contributed by atoms with Gasteiger partial charge < -0.3 is 4.74 Å². The van der Waals surface area contributed by atoms with Crippen molar-refractivity contribution in [3.63, 3.8) is 0 Å². The lowest BCUT2D eigenvalue weighted by molar-refractivity contribution is 0.327. The van der Waals surface area contributed by atoms with Crippen molar-refractivity contribution >= 4 is 27.0 Å². The van der Waals surface area contributed by atoms with Crippen LogP contribution >= 0.6 is 15.9 Å². The van der Waals surface area contributed by atoms with Gasteiger partial charge in [-0.15, -0.1) is 5.10 Å². The van der Waals surface area contributed by atoms with Crippen LogP contribution in [-0.2, 0) is 6.54 Å². The summed E-state index contributed by atoms with van der Waals surface area (Å²) in [5, 5.41) is 8.52. The van der Waals surface area contributed by atoms with Crippen molar-refractivity contribution in [2.24, 2.45) is 5.41 Å². The number of aryl methyl sites for hydroxylation is 1. The normalized spacial score (nSPS) is 11.9. The molecule has 0 N–H and O–H groups in total. The second-order valence-electron chi connectivity index (χ2n) is 6.70. The molecular formula is C16H18BrN5O. The zero-order chi connectivity index (χ0) is 16.6. The highest BCUT2D eigenvalue weighted by atomic mass is 79.9. The van der Waals surface area contributed by atoms with E-state index in [0.29, 0.717) is 11.8 Å². The van der Waals surface area contributed by atoms with E-state index in [1.807, 2.05) is 23.7 Å². The molecule has 0 spiro atoms. The van der Waals surface area contributed by atoms with Crippen LogP contribution in [0.2, 0.25) is 0 Å². The van der Waals surface area contributed by atoms with Gasteiger partial charge >= 0.3 is 6.01 Å². The summed E-state index contributed by atoms with van der Waals surface area (Å²) in [7, 11) is 0. The maximum Gasteiger partial charge on any atom is 0.321 e. The lowest BCUT2D eigenvalue weighted by Gasteiger charge is -2.17. The van der Waals surface area contributed by atoms with Gasteiger partial charge in [0, 0.05) is 18.9 Å². The minimum atomic E-state index is 0.123. The van der Waals surface area contributed by atoms with Crippen LogP contribution in [0.4, 0.5) is 0 Å². The molecule has 23 heavy (non-hydrogen) atoms. The molecular weight excluding hydrogens is 358 g/mol. The zero-order valence-electron chi connectivity index (χ0n) is 13.5. The first-order valence-electron chi connectivity index (χ1n) is 7.32. The zero-order valence-corrected chi connectivity index (χ0v) is 15.1. The molecule has 2 aromatic heterocycles. The van der Waals surface area contributed by atoms with Gasteiger partial charge in [-0.2, -0.15) is 0 Å². The third kappa shape index (κ3) is 3.50. The number of aromatic nitrogens is 5. The molecule has 120 valence electrons. The van der Waals surface area contributed by atoms with Crippen LogP contribution in [-0.4, -0.2) is 25.0 Å². The average Bonchev–Trinajstić information content (AvgIpc) is 2.86. The van der Waals surface area contributed by atoms with Crippen LogP contribution in [0.3, 0.4) is 0 Å². The highest BCUT2D eigenvalue weighted by molar-refractivity contribution is 9.10. The summed E-state index contributed by atoms with van der Waals surface area (Å²) in [5.41, 5.74) is 2.83. The Kier molecular flexibility index (Phi) is 4.06. The highest BCUT2D eigenvalue weighted by Crippen LogP contribution is 2.34. The van der Waals surface area contributed by atoms with Crippen LogP contribution in [0, 0.1) is 12.3 Å². The Labute approximate surface area is 143 Å².